The zero-order valence-corrected chi connectivity index (χ0v) is 17.0. The zero-order valence-electron chi connectivity index (χ0n) is 17.0. The van der Waals surface area contributed by atoms with E-state index in [9.17, 15) is 23.8 Å². The Kier molecular flexibility index (Phi) is 8.36. The van der Waals surface area contributed by atoms with Crippen molar-refractivity contribution in [2.75, 3.05) is 26.4 Å². The van der Waals surface area contributed by atoms with Gasteiger partial charge >= 0.3 is 5.97 Å². The van der Waals surface area contributed by atoms with Crippen LogP contribution in [0.25, 0.3) is 0 Å². The largest absolute Gasteiger partial charge is 0.487 e. The summed E-state index contributed by atoms with van der Waals surface area (Å²) in [6.45, 7) is 0.154. The van der Waals surface area contributed by atoms with Crippen molar-refractivity contribution in [3.05, 3.63) is 42.0 Å². The lowest BCUT2D eigenvalue weighted by Crippen LogP contribution is -2.22. The summed E-state index contributed by atoms with van der Waals surface area (Å²) in [4.78, 5) is 10.6. The summed E-state index contributed by atoms with van der Waals surface area (Å²) in [5, 5.41) is 29.3. The summed E-state index contributed by atoms with van der Waals surface area (Å²) in [6, 6.07) is 3.57. The first-order valence-electron chi connectivity index (χ1n) is 10.4. The number of aliphatic hydroxyl groups is 2. The second kappa shape index (κ2) is 11.0. The van der Waals surface area contributed by atoms with Crippen LogP contribution in [-0.4, -0.2) is 66.0 Å². The molecule has 1 saturated carbocycles. The standard InChI is InChI=1S/C22H28F2O7/c23-17-2-1-3-19(22(17)24)31-11-14(25)5-7-15-16-6-4-13(9-29-12-21(27)28)10-30-20(16)8-18(15)26/h1-3,5,7,13-16,18,20,25-26H,4,6,8-12H2,(H,27,28)/b7-5+/t13-,14-,15-,16-,18-,20+/m1/s1. The number of carboxylic acid groups (broad SMARTS) is 1. The summed E-state index contributed by atoms with van der Waals surface area (Å²) in [5.41, 5.74) is 0. The van der Waals surface area contributed by atoms with E-state index in [0.29, 0.717) is 19.6 Å². The van der Waals surface area contributed by atoms with Gasteiger partial charge in [0.2, 0.25) is 5.82 Å². The summed E-state index contributed by atoms with van der Waals surface area (Å²) >= 11 is 0. The van der Waals surface area contributed by atoms with Crippen molar-refractivity contribution < 1.29 is 43.1 Å². The lowest BCUT2D eigenvalue weighted by molar-refractivity contribution is -0.143. The average molecular weight is 442 g/mol. The fraction of sp³-hybridized carbons (Fsp3) is 0.591. The molecule has 2 fully saturated rings. The Balaban J connectivity index is 1.51. The normalized spacial score (nSPS) is 29.5. The third-order valence-corrected chi connectivity index (χ3v) is 5.80. The van der Waals surface area contributed by atoms with Gasteiger partial charge in [0.15, 0.2) is 11.6 Å². The van der Waals surface area contributed by atoms with E-state index in [0.717, 1.165) is 18.9 Å². The van der Waals surface area contributed by atoms with E-state index >= 15 is 0 Å². The van der Waals surface area contributed by atoms with Gasteiger partial charge in [-0.15, -0.1) is 0 Å². The van der Waals surface area contributed by atoms with Gasteiger partial charge in [-0.2, -0.15) is 4.39 Å². The molecule has 1 aromatic carbocycles. The Morgan fingerprint density at radius 2 is 2.13 bits per heavy atom. The molecule has 1 saturated heterocycles. The van der Waals surface area contributed by atoms with Crippen LogP contribution >= 0.6 is 0 Å². The van der Waals surface area contributed by atoms with Gasteiger partial charge in [0, 0.05) is 18.3 Å². The highest BCUT2D eigenvalue weighted by Gasteiger charge is 2.43. The van der Waals surface area contributed by atoms with Gasteiger partial charge < -0.3 is 29.5 Å². The molecule has 3 N–H and O–H groups in total. The highest BCUT2D eigenvalue weighted by Crippen LogP contribution is 2.41. The van der Waals surface area contributed by atoms with Crippen LogP contribution in [0.3, 0.4) is 0 Å². The SMILES string of the molecule is O=C(O)COC[C@H]1CC[C@@H]2[C@@H](/C=C/[C@@H](O)COc3cccc(F)c3F)[C@H](O)C[C@@H]2OC1. The molecule has 1 aromatic rings. The number of ether oxygens (including phenoxy) is 3. The predicted octanol–water partition coefficient (Wildman–Crippen LogP) is 2.15. The third kappa shape index (κ3) is 6.46. The van der Waals surface area contributed by atoms with Crippen molar-refractivity contribution in [3.63, 3.8) is 0 Å². The van der Waals surface area contributed by atoms with Crippen molar-refractivity contribution in [3.8, 4) is 5.75 Å². The van der Waals surface area contributed by atoms with E-state index < -0.39 is 29.8 Å². The van der Waals surface area contributed by atoms with E-state index in [1.807, 2.05) is 0 Å². The van der Waals surface area contributed by atoms with E-state index in [1.54, 1.807) is 6.08 Å². The van der Waals surface area contributed by atoms with Crippen LogP contribution < -0.4 is 4.74 Å². The van der Waals surface area contributed by atoms with Gasteiger partial charge in [0.25, 0.3) is 0 Å². The minimum absolute atomic E-state index is 0.0597. The van der Waals surface area contributed by atoms with Crippen LogP contribution in [-0.2, 0) is 14.3 Å². The highest BCUT2D eigenvalue weighted by molar-refractivity contribution is 5.67. The number of rotatable bonds is 9. The fourth-order valence-electron chi connectivity index (χ4n) is 4.24. The number of carbonyl (C=O) groups is 1. The van der Waals surface area contributed by atoms with E-state index in [2.05, 4.69) is 0 Å². The zero-order chi connectivity index (χ0) is 22.4. The molecule has 9 heteroatoms. The molecule has 172 valence electrons. The van der Waals surface area contributed by atoms with E-state index in [-0.39, 0.29) is 42.8 Å². The number of carboxylic acids is 1. The van der Waals surface area contributed by atoms with E-state index in [4.69, 9.17) is 19.3 Å². The molecular weight excluding hydrogens is 414 g/mol. The predicted molar refractivity (Wildman–Crippen MR) is 106 cm³/mol. The Morgan fingerprint density at radius 3 is 2.90 bits per heavy atom. The van der Waals surface area contributed by atoms with Gasteiger partial charge in [-0.25, -0.2) is 9.18 Å². The number of fused-ring (bicyclic) bond motifs is 1. The third-order valence-electron chi connectivity index (χ3n) is 5.80. The van der Waals surface area contributed by atoms with Crippen LogP contribution in [0.1, 0.15) is 19.3 Å². The molecule has 0 spiro atoms. The lowest BCUT2D eigenvalue weighted by Gasteiger charge is -2.21. The van der Waals surface area contributed by atoms with E-state index in [1.165, 1.54) is 18.2 Å². The highest BCUT2D eigenvalue weighted by atomic mass is 19.2. The lowest BCUT2D eigenvalue weighted by atomic mass is 9.87. The summed E-state index contributed by atoms with van der Waals surface area (Å²) in [7, 11) is 0. The van der Waals surface area contributed by atoms with Crippen LogP contribution in [0.5, 0.6) is 5.75 Å². The minimum atomic E-state index is -1.11. The number of halogens is 2. The number of aliphatic carboxylic acids is 1. The van der Waals surface area contributed by atoms with Gasteiger partial charge in [-0.1, -0.05) is 18.2 Å². The number of aliphatic hydroxyl groups excluding tert-OH is 2. The Bertz CT molecular complexity index is 772. The second-order valence-corrected chi connectivity index (χ2v) is 8.08. The van der Waals surface area contributed by atoms with Crippen LogP contribution in [0, 0.1) is 29.4 Å². The topological polar surface area (TPSA) is 105 Å². The molecule has 0 amide bonds. The molecule has 1 aliphatic heterocycles. The van der Waals surface area contributed by atoms with Crippen LogP contribution in [0.4, 0.5) is 8.78 Å². The molecule has 2 aliphatic rings. The van der Waals surface area contributed by atoms with Gasteiger partial charge in [-0.05, 0) is 30.9 Å². The summed E-state index contributed by atoms with van der Waals surface area (Å²) < 4.78 is 43.1. The molecule has 0 radical (unpaired) electrons. The smallest absolute Gasteiger partial charge is 0.329 e. The van der Waals surface area contributed by atoms with Gasteiger partial charge in [0.1, 0.15) is 19.3 Å². The maximum Gasteiger partial charge on any atom is 0.329 e. The first-order chi connectivity index (χ1) is 14.8. The second-order valence-electron chi connectivity index (χ2n) is 8.08. The molecular formula is C22H28F2O7. The fourth-order valence-corrected chi connectivity index (χ4v) is 4.24. The molecule has 31 heavy (non-hydrogen) atoms. The summed E-state index contributed by atoms with van der Waals surface area (Å²) in [5.74, 6) is -3.49. The van der Waals surface area contributed by atoms with Gasteiger partial charge in [0.05, 0.1) is 25.4 Å². The van der Waals surface area contributed by atoms with Crippen molar-refractivity contribution in [1.29, 1.82) is 0 Å². The Morgan fingerprint density at radius 1 is 1.32 bits per heavy atom. The molecule has 3 rings (SSSR count). The summed E-state index contributed by atoms with van der Waals surface area (Å²) in [6.07, 6.45) is 3.47. The molecule has 6 atom stereocenters. The number of benzene rings is 1. The molecule has 1 heterocycles. The minimum Gasteiger partial charge on any atom is -0.487 e. The number of hydrogen-bond acceptors (Lipinski definition) is 6. The molecule has 0 unspecified atom stereocenters. The average Bonchev–Trinajstić information content (AvgIpc) is 2.89. The molecule has 0 aromatic heterocycles. The Labute approximate surface area is 179 Å². The quantitative estimate of drug-likeness (QED) is 0.504. The van der Waals surface area contributed by atoms with Crippen molar-refractivity contribution in [1.82, 2.24) is 0 Å². The molecule has 7 nitrogen and oxygen atoms in total. The first kappa shape index (κ1) is 23.6. The van der Waals surface area contributed by atoms with Gasteiger partial charge in [-0.3, -0.25) is 0 Å². The molecule has 0 bridgehead atoms. The van der Waals surface area contributed by atoms with Crippen LogP contribution in [0.15, 0.2) is 30.4 Å². The molecule has 1 aliphatic carbocycles. The van der Waals surface area contributed by atoms with Crippen molar-refractivity contribution >= 4 is 5.97 Å². The first-order valence-corrected chi connectivity index (χ1v) is 10.4. The van der Waals surface area contributed by atoms with Crippen LogP contribution in [0.2, 0.25) is 0 Å². The van der Waals surface area contributed by atoms with Crippen molar-refractivity contribution in [2.45, 2.75) is 37.6 Å². The Hall–Kier alpha value is -2.07. The maximum absolute atomic E-state index is 13.6. The number of hydrogen-bond donors (Lipinski definition) is 3. The van der Waals surface area contributed by atoms with Crippen molar-refractivity contribution in [2.24, 2.45) is 17.8 Å². The monoisotopic (exact) mass is 442 g/mol. The maximum atomic E-state index is 13.6.